The lowest BCUT2D eigenvalue weighted by molar-refractivity contribution is -0.119. The van der Waals surface area contributed by atoms with Gasteiger partial charge in [0.2, 0.25) is 0 Å². The summed E-state index contributed by atoms with van der Waals surface area (Å²) < 4.78 is 0. The molecule has 162 valence electrons. The molecule has 2 aromatic rings. The van der Waals surface area contributed by atoms with Crippen LogP contribution in [0.4, 0.5) is 5.69 Å². The number of hydrazine groups is 1. The number of carbonyl (C=O) groups excluding carboxylic acids is 1. The number of nitrogens with one attached hydrogen (secondary N) is 1. The minimum atomic E-state index is -0.121. The van der Waals surface area contributed by atoms with E-state index in [0.29, 0.717) is 22.2 Å². The molecule has 1 saturated carbocycles. The maximum absolute atomic E-state index is 13.1. The topological polar surface area (TPSA) is 47.9 Å². The number of carbonyl (C=O) groups is 1. The van der Waals surface area contributed by atoms with Gasteiger partial charge in [0.25, 0.3) is 5.91 Å². The predicted molar refractivity (Wildman–Crippen MR) is 125 cm³/mol. The minimum Gasteiger partial charge on any atom is -0.284 e. The molecule has 5 nitrogen and oxygen atoms in total. The van der Waals surface area contributed by atoms with E-state index in [-0.39, 0.29) is 11.9 Å². The lowest BCUT2D eigenvalue weighted by atomic mass is 10.00. The number of fused-ring (bicyclic) bond motifs is 1. The Bertz CT molecular complexity index is 1010. The molecule has 1 amide bonds. The fourth-order valence-electron chi connectivity index (χ4n) is 5.12. The number of halogens is 2. The third-order valence-corrected chi connectivity index (χ3v) is 7.31. The van der Waals surface area contributed by atoms with Crippen molar-refractivity contribution in [3.63, 3.8) is 0 Å². The van der Waals surface area contributed by atoms with Crippen molar-refractivity contribution in [2.24, 2.45) is 16.9 Å². The summed E-state index contributed by atoms with van der Waals surface area (Å²) in [6.45, 7) is 3.95. The highest BCUT2D eigenvalue weighted by molar-refractivity contribution is 6.40. The van der Waals surface area contributed by atoms with E-state index in [0.717, 1.165) is 36.2 Å². The summed E-state index contributed by atoms with van der Waals surface area (Å²) in [7, 11) is 0. The van der Waals surface area contributed by atoms with Gasteiger partial charge in [0.1, 0.15) is 5.71 Å². The Balaban J connectivity index is 1.39. The fraction of sp³-hybridized carbons (Fsp3) is 0.417. The maximum Gasteiger partial charge on any atom is 0.281 e. The summed E-state index contributed by atoms with van der Waals surface area (Å²) in [6, 6.07) is 13.6. The van der Waals surface area contributed by atoms with Gasteiger partial charge in [-0.15, -0.1) is 0 Å². The second kappa shape index (κ2) is 8.45. The van der Waals surface area contributed by atoms with Crippen LogP contribution < -0.4 is 10.4 Å². The number of amides is 1. The first-order valence-corrected chi connectivity index (χ1v) is 11.7. The van der Waals surface area contributed by atoms with Gasteiger partial charge < -0.3 is 0 Å². The third kappa shape index (κ3) is 4.19. The molecule has 3 aliphatic rings. The summed E-state index contributed by atoms with van der Waals surface area (Å²) in [5.74, 6) is 1.32. The molecule has 3 atom stereocenters. The molecule has 2 aromatic carbocycles. The van der Waals surface area contributed by atoms with E-state index in [1.54, 1.807) is 12.1 Å². The van der Waals surface area contributed by atoms with Gasteiger partial charge in [-0.1, -0.05) is 59.5 Å². The van der Waals surface area contributed by atoms with Gasteiger partial charge in [-0.25, -0.2) is 5.01 Å². The van der Waals surface area contributed by atoms with Crippen LogP contribution in [0.25, 0.3) is 0 Å². The van der Waals surface area contributed by atoms with Crippen molar-refractivity contribution in [1.82, 2.24) is 10.4 Å². The Morgan fingerprint density at radius 2 is 1.77 bits per heavy atom. The zero-order chi connectivity index (χ0) is 21.5. The van der Waals surface area contributed by atoms with Crippen molar-refractivity contribution in [2.75, 3.05) is 18.1 Å². The van der Waals surface area contributed by atoms with Gasteiger partial charge >= 0.3 is 0 Å². The molecule has 3 unspecified atom stereocenters. The van der Waals surface area contributed by atoms with Crippen molar-refractivity contribution < 1.29 is 4.79 Å². The molecule has 0 aromatic heterocycles. The molecule has 0 bridgehead atoms. The monoisotopic (exact) mass is 456 g/mol. The standard InChI is InChI=1S/C24H26Cl2N4O/c1-15-5-7-16(8-6-15)23-12-21(27-30(23)22-10-9-19(25)11-20(22)26)24(31)28-29-13-17-3-2-4-18(17)14-29/h5-11,17-18,23H,2-4,12-14H2,1H3,(H,28,31). The second-order valence-electron chi connectivity index (χ2n) is 8.91. The van der Waals surface area contributed by atoms with Gasteiger partial charge in [-0.05, 0) is 55.4 Å². The minimum absolute atomic E-state index is 0.0991. The van der Waals surface area contributed by atoms with Gasteiger partial charge in [0.15, 0.2) is 0 Å². The molecular weight excluding hydrogens is 431 g/mol. The molecule has 1 N–H and O–H groups in total. The predicted octanol–water partition coefficient (Wildman–Crippen LogP) is 5.37. The van der Waals surface area contributed by atoms with E-state index in [4.69, 9.17) is 28.3 Å². The smallest absolute Gasteiger partial charge is 0.281 e. The Morgan fingerprint density at radius 3 is 2.45 bits per heavy atom. The van der Waals surface area contributed by atoms with Crippen LogP contribution in [0.3, 0.4) is 0 Å². The van der Waals surface area contributed by atoms with Gasteiger partial charge in [-0.3, -0.25) is 15.2 Å². The number of aryl methyl sites for hydroxylation is 1. The van der Waals surface area contributed by atoms with E-state index in [1.807, 2.05) is 11.1 Å². The SMILES string of the molecule is Cc1ccc(C2CC(C(=O)NN3CC4CCCC4C3)=NN2c2ccc(Cl)cc2Cl)cc1. The molecule has 0 spiro atoms. The molecule has 1 aliphatic carbocycles. The molecule has 31 heavy (non-hydrogen) atoms. The van der Waals surface area contributed by atoms with E-state index >= 15 is 0 Å². The van der Waals surface area contributed by atoms with Crippen LogP contribution in [0.15, 0.2) is 47.6 Å². The highest BCUT2D eigenvalue weighted by Crippen LogP contribution is 2.40. The van der Waals surface area contributed by atoms with E-state index < -0.39 is 0 Å². The van der Waals surface area contributed by atoms with Crippen LogP contribution in [-0.4, -0.2) is 29.7 Å². The highest BCUT2D eigenvalue weighted by Gasteiger charge is 2.38. The van der Waals surface area contributed by atoms with Crippen molar-refractivity contribution in [3.8, 4) is 0 Å². The van der Waals surface area contributed by atoms with Crippen molar-refractivity contribution in [1.29, 1.82) is 0 Å². The third-order valence-electron chi connectivity index (χ3n) is 6.78. The Hall–Kier alpha value is -2.08. The normalized spacial score (nSPS) is 25.6. The first-order chi connectivity index (χ1) is 15.0. The first kappa shape index (κ1) is 20.8. The van der Waals surface area contributed by atoms with E-state index in [1.165, 1.54) is 24.8 Å². The lowest BCUT2D eigenvalue weighted by Crippen LogP contribution is -2.44. The van der Waals surface area contributed by atoms with Crippen molar-refractivity contribution >= 4 is 40.5 Å². The van der Waals surface area contributed by atoms with Crippen molar-refractivity contribution in [2.45, 2.75) is 38.6 Å². The molecule has 7 heteroatoms. The Morgan fingerprint density at radius 1 is 1.06 bits per heavy atom. The largest absolute Gasteiger partial charge is 0.284 e. The molecular formula is C24H26Cl2N4O. The van der Waals surface area contributed by atoms with E-state index in [2.05, 4.69) is 41.6 Å². The number of hydrazone groups is 1. The van der Waals surface area contributed by atoms with Crippen LogP contribution in [0.5, 0.6) is 0 Å². The number of rotatable bonds is 4. The summed E-state index contributed by atoms with van der Waals surface area (Å²) in [5.41, 5.74) is 6.66. The number of hydrogen-bond acceptors (Lipinski definition) is 4. The van der Waals surface area contributed by atoms with Crippen LogP contribution in [0, 0.1) is 18.8 Å². The molecule has 2 fully saturated rings. The number of anilines is 1. The van der Waals surface area contributed by atoms with Crippen LogP contribution >= 0.6 is 23.2 Å². The van der Waals surface area contributed by atoms with E-state index in [9.17, 15) is 4.79 Å². The zero-order valence-corrected chi connectivity index (χ0v) is 19.0. The van der Waals surface area contributed by atoms with Crippen LogP contribution in [0.2, 0.25) is 10.0 Å². The Labute approximate surface area is 193 Å². The molecule has 0 radical (unpaired) electrons. The molecule has 2 heterocycles. The lowest BCUT2D eigenvalue weighted by Gasteiger charge is -2.25. The van der Waals surface area contributed by atoms with Crippen LogP contribution in [-0.2, 0) is 4.79 Å². The van der Waals surface area contributed by atoms with Gasteiger partial charge in [0.05, 0.1) is 16.8 Å². The quantitative estimate of drug-likeness (QED) is 0.672. The number of nitrogens with zero attached hydrogens (tertiary/aromatic N) is 3. The number of hydrogen-bond donors (Lipinski definition) is 1. The average Bonchev–Trinajstić information content (AvgIpc) is 3.43. The summed E-state index contributed by atoms with van der Waals surface area (Å²) >= 11 is 12.6. The second-order valence-corrected chi connectivity index (χ2v) is 9.76. The summed E-state index contributed by atoms with van der Waals surface area (Å²) in [6.07, 6.45) is 4.39. The maximum atomic E-state index is 13.1. The van der Waals surface area contributed by atoms with Crippen molar-refractivity contribution in [3.05, 3.63) is 63.6 Å². The summed E-state index contributed by atoms with van der Waals surface area (Å²) in [4.78, 5) is 13.1. The number of benzene rings is 2. The van der Waals surface area contributed by atoms with Gasteiger partial charge in [0, 0.05) is 24.5 Å². The van der Waals surface area contributed by atoms with Gasteiger partial charge in [-0.2, -0.15) is 5.10 Å². The molecule has 5 rings (SSSR count). The average molecular weight is 457 g/mol. The highest BCUT2D eigenvalue weighted by atomic mass is 35.5. The molecule has 2 aliphatic heterocycles. The van der Waals surface area contributed by atoms with Crippen LogP contribution in [0.1, 0.15) is 42.9 Å². The fourth-order valence-corrected chi connectivity index (χ4v) is 5.61. The zero-order valence-electron chi connectivity index (χ0n) is 17.5. The first-order valence-electron chi connectivity index (χ1n) is 10.9. The molecule has 1 saturated heterocycles. The Kier molecular flexibility index (Phi) is 5.67. The summed E-state index contributed by atoms with van der Waals surface area (Å²) in [5, 5.41) is 9.75.